The molecule has 0 saturated heterocycles. The van der Waals surface area contributed by atoms with Crippen LogP contribution in [0.25, 0.3) is 0 Å². The summed E-state index contributed by atoms with van der Waals surface area (Å²) in [6, 6.07) is 11.4. The molecule has 30 heavy (non-hydrogen) atoms. The van der Waals surface area contributed by atoms with Crippen LogP contribution in [0, 0.1) is 5.92 Å². The maximum atomic E-state index is 13.1. The van der Waals surface area contributed by atoms with Crippen molar-refractivity contribution in [2.75, 3.05) is 26.7 Å². The van der Waals surface area contributed by atoms with Crippen molar-refractivity contribution < 1.29 is 14.4 Å². The van der Waals surface area contributed by atoms with Gasteiger partial charge in [-0.3, -0.25) is 19.1 Å². The molecular formula is C22H27N5O3. The molecule has 1 saturated carbocycles. The number of hydrogen-bond acceptors (Lipinski definition) is 4. The second kappa shape index (κ2) is 8.69. The summed E-state index contributed by atoms with van der Waals surface area (Å²) in [6.07, 6.45) is 3.08. The number of rotatable bonds is 7. The summed E-state index contributed by atoms with van der Waals surface area (Å²) in [6.45, 7) is 2.38. The summed E-state index contributed by atoms with van der Waals surface area (Å²) >= 11 is 0. The van der Waals surface area contributed by atoms with Crippen LogP contribution in [0.1, 0.15) is 45.8 Å². The molecule has 1 fully saturated rings. The number of aromatic nitrogens is 2. The van der Waals surface area contributed by atoms with Crippen LogP contribution in [-0.4, -0.2) is 64.0 Å². The van der Waals surface area contributed by atoms with Gasteiger partial charge in [0.25, 0.3) is 11.8 Å². The zero-order chi connectivity index (χ0) is 21.1. The second-order valence-electron chi connectivity index (χ2n) is 8.11. The first kappa shape index (κ1) is 20.1. The Bertz CT molecular complexity index is 936. The molecule has 0 unspecified atom stereocenters. The van der Waals surface area contributed by atoms with Crippen molar-refractivity contribution >= 4 is 17.7 Å². The van der Waals surface area contributed by atoms with E-state index < -0.39 is 0 Å². The normalized spacial score (nSPS) is 16.0. The number of carbonyl (C=O) groups is 3. The molecule has 0 radical (unpaired) electrons. The first-order valence-corrected chi connectivity index (χ1v) is 10.4. The Kier molecular flexibility index (Phi) is 5.83. The van der Waals surface area contributed by atoms with E-state index in [1.807, 2.05) is 30.3 Å². The van der Waals surface area contributed by atoms with E-state index in [-0.39, 0.29) is 30.0 Å². The van der Waals surface area contributed by atoms with Crippen molar-refractivity contribution in [1.29, 1.82) is 0 Å². The lowest BCUT2D eigenvalue weighted by atomic mass is 10.2. The van der Waals surface area contributed by atoms with Gasteiger partial charge in [-0.25, -0.2) is 0 Å². The van der Waals surface area contributed by atoms with Gasteiger partial charge in [-0.15, -0.1) is 0 Å². The van der Waals surface area contributed by atoms with E-state index in [9.17, 15) is 14.4 Å². The highest BCUT2D eigenvalue weighted by Crippen LogP contribution is 2.27. The summed E-state index contributed by atoms with van der Waals surface area (Å²) in [5, 5.41) is 7.22. The highest BCUT2D eigenvalue weighted by molar-refractivity contribution is 5.99. The molecule has 0 bridgehead atoms. The molecule has 0 spiro atoms. The van der Waals surface area contributed by atoms with Crippen LogP contribution in [0.3, 0.4) is 0 Å². The first-order valence-electron chi connectivity index (χ1n) is 10.4. The lowest BCUT2D eigenvalue weighted by Crippen LogP contribution is -2.39. The van der Waals surface area contributed by atoms with E-state index in [1.54, 1.807) is 22.7 Å². The molecule has 2 aliphatic rings. The van der Waals surface area contributed by atoms with Crippen molar-refractivity contribution in [3.05, 3.63) is 53.3 Å². The van der Waals surface area contributed by atoms with Crippen LogP contribution in [0.2, 0.25) is 0 Å². The predicted molar refractivity (Wildman–Crippen MR) is 111 cm³/mol. The van der Waals surface area contributed by atoms with E-state index in [1.165, 1.54) is 4.90 Å². The SMILES string of the molecule is CN(CC(=O)NCC1CC1)C(=O)c1cc2n(n1)CCCN(Cc1ccccc1)C2=O. The van der Waals surface area contributed by atoms with Crippen molar-refractivity contribution in [2.45, 2.75) is 32.4 Å². The number of aryl methyl sites for hydroxylation is 1. The van der Waals surface area contributed by atoms with E-state index in [0.29, 0.717) is 37.8 Å². The molecule has 4 rings (SSSR count). The van der Waals surface area contributed by atoms with Gasteiger partial charge in [0.15, 0.2) is 5.69 Å². The summed E-state index contributed by atoms with van der Waals surface area (Å²) < 4.78 is 1.61. The van der Waals surface area contributed by atoms with Crippen LogP contribution >= 0.6 is 0 Å². The van der Waals surface area contributed by atoms with E-state index in [4.69, 9.17) is 0 Å². The molecule has 0 atom stereocenters. The lowest BCUT2D eigenvalue weighted by Gasteiger charge is -2.20. The Labute approximate surface area is 175 Å². The van der Waals surface area contributed by atoms with Gasteiger partial charge in [-0.2, -0.15) is 5.10 Å². The Morgan fingerprint density at radius 3 is 2.70 bits per heavy atom. The smallest absolute Gasteiger partial charge is 0.274 e. The average Bonchev–Trinajstić information content (AvgIpc) is 3.51. The van der Waals surface area contributed by atoms with Gasteiger partial charge in [-0.05, 0) is 30.7 Å². The fourth-order valence-corrected chi connectivity index (χ4v) is 3.61. The Morgan fingerprint density at radius 2 is 1.97 bits per heavy atom. The highest BCUT2D eigenvalue weighted by Gasteiger charge is 2.28. The van der Waals surface area contributed by atoms with Crippen LogP contribution in [0.15, 0.2) is 36.4 Å². The number of amides is 3. The minimum atomic E-state index is -0.362. The van der Waals surface area contributed by atoms with Crippen molar-refractivity contribution in [3.63, 3.8) is 0 Å². The molecule has 1 aromatic carbocycles. The van der Waals surface area contributed by atoms with Crippen LogP contribution in [-0.2, 0) is 17.9 Å². The molecule has 1 N–H and O–H groups in total. The molecule has 158 valence electrons. The topological polar surface area (TPSA) is 87.5 Å². The minimum Gasteiger partial charge on any atom is -0.354 e. The van der Waals surface area contributed by atoms with Gasteiger partial charge in [0.2, 0.25) is 5.91 Å². The predicted octanol–water partition coefficient (Wildman–Crippen LogP) is 1.53. The number of likely N-dealkylation sites (N-methyl/N-ethyl adjacent to an activating group) is 1. The zero-order valence-electron chi connectivity index (χ0n) is 17.2. The number of hydrogen-bond donors (Lipinski definition) is 1. The molecule has 2 aromatic rings. The van der Waals surface area contributed by atoms with Crippen LogP contribution in [0.5, 0.6) is 0 Å². The fraction of sp³-hybridized carbons (Fsp3) is 0.455. The Morgan fingerprint density at radius 1 is 1.20 bits per heavy atom. The third kappa shape index (κ3) is 4.69. The molecule has 8 heteroatoms. The summed E-state index contributed by atoms with van der Waals surface area (Å²) in [4.78, 5) is 41.0. The third-order valence-corrected chi connectivity index (χ3v) is 5.53. The number of carbonyl (C=O) groups excluding carboxylic acids is 3. The number of nitrogens with one attached hydrogen (secondary N) is 1. The molecule has 8 nitrogen and oxygen atoms in total. The van der Waals surface area contributed by atoms with Crippen LogP contribution in [0.4, 0.5) is 0 Å². The Balaban J connectivity index is 1.42. The van der Waals surface area contributed by atoms with Gasteiger partial charge in [0.05, 0.1) is 6.54 Å². The summed E-state index contributed by atoms with van der Waals surface area (Å²) in [5.41, 5.74) is 1.67. The zero-order valence-corrected chi connectivity index (χ0v) is 17.2. The van der Waals surface area contributed by atoms with Crippen molar-refractivity contribution in [3.8, 4) is 0 Å². The Hall–Kier alpha value is -3.16. The molecular weight excluding hydrogens is 382 g/mol. The highest BCUT2D eigenvalue weighted by atomic mass is 16.2. The van der Waals surface area contributed by atoms with Gasteiger partial charge in [-0.1, -0.05) is 30.3 Å². The first-order chi connectivity index (χ1) is 14.5. The molecule has 1 aromatic heterocycles. The van der Waals surface area contributed by atoms with Gasteiger partial charge in [0.1, 0.15) is 5.69 Å². The van der Waals surface area contributed by atoms with E-state index in [2.05, 4.69) is 10.4 Å². The number of nitrogens with zero attached hydrogens (tertiary/aromatic N) is 4. The molecule has 2 heterocycles. The third-order valence-electron chi connectivity index (χ3n) is 5.53. The maximum absolute atomic E-state index is 13.1. The standard InChI is InChI=1S/C22H27N5O3/c1-25(15-20(28)23-13-16-8-9-16)21(29)18-12-19-22(30)26(10-5-11-27(19)24-18)14-17-6-3-2-4-7-17/h2-4,6-7,12,16H,5,8-11,13-15H2,1H3,(H,23,28). The average molecular weight is 409 g/mol. The molecule has 1 aliphatic heterocycles. The maximum Gasteiger partial charge on any atom is 0.274 e. The quantitative estimate of drug-likeness (QED) is 0.751. The summed E-state index contributed by atoms with van der Waals surface area (Å²) in [5.74, 6) is -0.0838. The monoisotopic (exact) mass is 409 g/mol. The van der Waals surface area contributed by atoms with Gasteiger partial charge >= 0.3 is 0 Å². The largest absolute Gasteiger partial charge is 0.354 e. The van der Waals surface area contributed by atoms with E-state index >= 15 is 0 Å². The van der Waals surface area contributed by atoms with Crippen molar-refractivity contribution in [1.82, 2.24) is 24.9 Å². The summed E-state index contributed by atoms with van der Waals surface area (Å²) in [7, 11) is 1.58. The fourth-order valence-electron chi connectivity index (χ4n) is 3.61. The van der Waals surface area contributed by atoms with Gasteiger partial charge < -0.3 is 15.1 Å². The minimum absolute atomic E-state index is 0.0260. The number of fused-ring (bicyclic) bond motifs is 1. The van der Waals surface area contributed by atoms with Crippen molar-refractivity contribution in [2.24, 2.45) is 5.92 Å². The van der Waals surface area contributed by atoms with Crippen LogP contribution < -0.4 is 5.32 Å². The van der Waals surface area contributed by atoms with Gasteiger partial charge in [0, 0.05) is 39.3 Å². The molecule has 3 amide bonds. The van der Waals surface area contributed by atoms with E-state index in [0.717, 1.165) is 24.8 Å². The second-order valence-corrected chi connectivity index (χ2v) is 8.11. The number of benzene rings is 1. The lowest BCUT2D eigenvalue weighted by molar-refractivity contribution is -0.121. The molecule has 1 aliphatic carbocycles.